The summed E-state index contributed by atoms with van der Waals surface area (Å²) in [5.74, 6) is 2.69. The predicted molar refractivity (Wildman–Crippen MR) is 105 cm³/mol. The van der Waals surface area contributed by atoms with Crippen LogP contribution in [0.5, 0.6) is 5.75 Å². The third-order valence-corrected chi connectivity index (χ3v) is 5.71. The van der Waals surface area contributed by atoms with E-state index in [0.29, 0.717) is 31.5 Å². The molecule has 1 heterocycles. The van der Waals surface area contributed by atoms with E-state index in [4.69, 9.17) is 14.2 Å². The van der Waals surface area contributed by atoms with Gasteiger partial charge in [0, 0.05) is 38.1 Å². The van der Waals surface area contributed by atoms with Crippen molar-refractivity contribution in [2.45, 2.75) is 30.6 Å². The van der Waals surface area contributed by atoms with E-state index < -0.39 is 0 Å². The zero-order valence-electron chi connectivity index (χ0n) is 15.9. The highest BCUT2D eigenvalue weighted by Gasteiger charge is 2.22. The van der Waals surface area contributed by atoms with E-state index in [-0.39, 0.29) is 0 Å². The Kier molecular flexibility index (Phi) is 9.89. The van der Waals surface area contributed by atoms with E-state index in [2.05, 4.69) is 12.1 Å². The van der Waals surface area contributed by atoms with Crippen molar-refractivity contribution in [3.8, 4) is 5.75 Å². The van der Waals surface area contributed by atoms with Gasteiger partial charge in [-0.3, -0.25) is 4.79 Å². The van der Waals surface area contributed by atoms with Gasteiger partial charge in [0.15, 0.2) is 0 Å². The molecule has 0 unspecified atom stereocenters. The Morgan fingerprint density at radius 3 is 2.54 bits per heavy atom. The maximum Gasteiger partial charge on any atom is 0.222 e. The molecule has 0 N–H and O–H groups in total. The highest BCUT2D eigenvalue weighted by atomic mass is 32.2. The fourth-order valence-corrected chi connectivity index (χ4v) is 3.84. The van der Waals surface area contributed by atoms with Crippen LogP contribution in [0.1, 0.15) is 25.7 Å². The number of methoxy groups -OCH3 is 2. The smallest absolute Gasteiger partial charge is 0.222 e. The Balaban J connectivity index is 1.55. The minimum Gasteiger partial charge on any atom is -0.497 e. The first-order valence-corrected chi connectivity index (χ1v) is 10.3. The van der Waals surface area contributed by atoms with Gasteiger partial charge in [-0.05, 0) is 55.2 Å². The minimum absolute atomic E-state index is 0.291. The quantitative estimate of drug-likeness (QED) is 0.434. The molecule has 0 saturated carbocycles. The minimum atomic E-state index is 0.291. The van der Waals surface area contributed by atoms with Gasteiger partial charge in [0.05, 0.1) is 20.3 Å². The van der Waals surface area contributed by atoms with E-state index in [1.807, 2.05) is 17.0 Å². The summed E-state index contributed by atoms with van der Waals surface area (Å²) in [6.07, 6.45) is 3.63. The summed E-state index contributed by atoms with van der Waals surface area (Å²) in [5, 5.41) is 0. The first-order chi connectivity index (χ1) is 12.7. The molecule has 0 atom stereocenters. The molecule has 1 aromatic rings. The lowest BCUT2D eigenvalue weighted by Gasteiger charge is -2.32. The predicted octanol–water partition coefficient (Wildman–Crippen LogP) is 3.47. The Labute approximate surface area is 161 Å². The van der Waals surface area contributed by atoms with Crippen molar-refractivity contribution >= 4 is 17.7 Å². The van der Waals surface area contributed by atoms with Crippen LogP contribution in [0.15, 0.2) is 29.2 Å². The molecule has 0 spiro atoms. The molecule has 1 aliphatic rings. The molecule has 1 aromatic carbocycles. The van der Waals surface area contributed by atoms with E-state index in [0.717, 1.165) is 50.5 Å². The first-order valence-electron chi connectivity index (χ1n) is 9.34. The number of piperidine rings is 1. The molecular formula is C20H31NO4S. The maximum atomic E-state index is 12.4. The lowest BCUT2D eigenvalue weighted by Crippen LogP contribution is -2.39. The molecule has 0 aromatic heterocycles. The number of rotatable bonds is 11. The number of carbonyl (C=O) groups excluding carboxylic acids is 1. The van der Waals surface area contributed by atoms with Crippen molar-refractivity contribution in [1.29, 1.82) is 0 Å². The lowest BCUT2D eigenvalue weighted by atomic mass is 9.97. The molecule has 1 fully saturated rings. The maximum absolute atomic E-state index is 12.4. The van der Waals surface area contributed by atoms with Gasteiger partial charge in [-0.15, -0.1) is 11.8 Å². The summed E-state index contributed by atoms with van der Waals surface area (Å²) >= 11 is 1.79. The summed E-state index contributed by atoms with van der Waals surface area (Å²) in [6.45, 7) is 3.81. The topological polar surface area (TPSA) is 48.0 Å². The zero-order chi connectivity index (χ0) is 18.6. The normalized spacial score (nSPS) is 15.2. The number of nitrogens with zero attached hydrogens (tertiary/aromatic N) is 1. The second-order valence-corrected chi connectivity index (χ2v) is 7.69. The number of hydrogen-bond donors (Lipinski definition) is 0. The number of benzene rings is 1. The molecule has 146 valence electrons. The fourth-order valence-electron chi connectivity index (χ4n) is 2.98. The Morgan fingerprint density at radius 1 is 1.15 bits per heavy atom. The first kappa shape index (κ1) is 21.1. The van der Waals surface area contributed by atoms with Crippen LogP contribution < -0.4 is 4.74 Å². The van der Waals surface area contributed by atoms with Crippen molar-refractivity contribution in [1.82, 2.24) is 4.90 Å². The third-order valence-electron chi connectivity index (χ3n) is 4.62. The molecule has 1 amide bonds. The molecule has 0 radical (unpaired) electrons. The van der Waals surface area contributed by atoms with Gasteiger partial charge in [0.1, 0.15) is 5.75 Å². The lowest BCUT2D eigenvalue weighted by molar-refractivity contribution is -0.132. The van der Waals surface area contributed by atoms with E-state index in [9.17, 15) is 4.79 Å². The van der Waals surface area contributed by atoms with Gasteiger partial charge < -0.3 is 19.1 Å². The highest BCUT2D eigenvalue weighted by Crippen LogP contribution is 2.23. The number of carbonyl (C=O) groups is 1. The van der Waals surface area contributed by atoms with Crippen molar-refractivity contribution in [3.63, 3.8) is 0 Å². The summed E-state index contributed by atoms with van der Waals surface area (Å²) < 4.78 is 15.7. The fraction of sp³-hybridized carbons (Fsp3) is 0.650. The van der Waals surface area contributed by atoms with Gasteiger partial charge in [0.25, 0.3) is 0 Å². The third kappa shape index (κ3) is 7.56. The van der Waals surface area contributed by atoms with E-state index in [1.54, 1.807) is 26.0 Å². The Hall–Kier alpha value is -1.24. The standard InChI is InChI=1S/C20H31NO4S/c1-23-13-14-25-16-17-9-11-21(12-10-17)20(22)4-3-15-26-19-7-5-18(24-2)6-8-19/h5-8,17H,3-4,9-16H2,1-2H3. The Morgan fingerprint density at radius 2 is 1.88 bits per heavy atom. The average molecular weight is 382 g/mol. The van der Waals surface area contributed by atoms with Crippen LogP contribution in [0.25, 0.3) is 0 Å². The van der Waals surface area contributed by atoms with Crippen LogP contribution in [0.3, 0.4) is 0 Å². The summed E-state index contributed by atoms with van der Waals surface area (Å²) in [7, 11) is 3.36. The van der Waals surface area contributed by atoms with Crippen LogP contribution in [0.4, 0.5) is 0 Å². The summed E-state index contributed by atoms with van der Waals surface area (Å²) in [5.41, 5.74) is 0. The molecule has 1 saturated heterocycles. The number of amides is 1. The molecule has 0 aliphatic carbocycles. The Bertz CT molecular complexity index is 515. The summed E-state index contributed by atoms with van der Waals surface area (Å²) in [4.78, 5) is 15.6. The van der Waals surface area contributed by atoms with Gasteiger partial charge >= 0.3 is 0 Å². The summed E-state index contributed by atoms with van der Waals surface area (Å²) in [6, 6.07) is 8.06. The number of likely N-dealkylation sites (tertiary alicyclic amines) is 1. The van der Waals surface area contributed by atoms with Gasteiger partial charge in [-0.1, -0.05) is 0 Å². The number of thioether (sulfide) groups is 1. The van der Waals surface area contributed by atoms with Gasteiger partial charge in [-0.25, -0.2) is 0 Å². The van der Waals surface area contributed by atoms with Crippen LogP contribution >= 0.6 is 11.8 Å². The van der Waals surface area contributed by atoms with E-state index in [1.165, 1.54) is 4.90 Å². The molecule has 2 rings (SSSR count). The second kappa shape index (κ2) is 12.2. The molecular weight excluding hydrogens is 350 g/mol. The zero-order valence-corrected chi connectivity index (χ0v) is 16.8. The van der Waals surface area contributed by atoms with Crippen LogP contribution in [0, 0.1) is 5.92 Å². The van der Waals surface area contributed by atoms with Crippen molar-refractivity contribution in [2.75, 3.05) is 52.9 Å². The molecule has 26 heavy (non-hydrogen) atoms. The SMILES string of the molecule is COCCOCC1CCN(C(=O)CCCSc2ccc(OC)cc2)CC1. The second-order valence-electron chi connectivity index (χ2n) is 6.52. The van der Waals surface area contributed by atoms with Crippen molar-refractivity contribution < 1.29 is 19.0 Å². The van der Waals surface area contributed by atoms with Gasteiger partial charge in [0.2, 0.25) is 5.91 Å². The number of ether oxygens (including phenoxy) is 3. The largest absolute Gasteiger partial charge is 0.497 e. The van der Waals surface area contributed by atoms with Crippen molar-refractivity contribution in [3.05, 3.63) is 24.3 Å². The molecule has 0 bridgehead atoms. The average Bonchev–Trinajstić information content (AvgIpc) is 2.69. The highest BCUT2D eigenvalue weighted by molar-refractivity contribution is 7.99. The number of hydrogen-bond acceptors (Lipinski definition) is 5. The molecule has 1 aliphatic heterocycles. The van der Waals surface area contributed by atoms with Crippen LogP contribution in [0.2, 0.25) is 0 Å². The monoisotopic (exact) mass is 381 g/mol. The van der Waals surface area contributed by atoms with E-state index >= 15 is 0 Å². The van der Waals surface area contributed by atoms with Crippen LogP contribution in [-0.2, 0) is 14.3 Å². The van der Waals surface area contributed by atoms with Crippen LogP contribution in [-0.4, -0.2) is 63.7 Å². The molecule has 5 nitrogen and oxygen atoms in total. The van der Waals surface area contributed by atoms with Crippen molar-refractivity contribution in [2.24, 2.45) is 5.92 Å². The van der Waals surface area contributed by atoms with Gasteiger partial charge in [-0.2, -0.15) is 0 Å². The molecule has 6 heteroatoms.